The zero-order valence-electron chi connectivity index (χ0n) is 8.84. The first kappa shape index (κ1) is 12.1. The van der Waals surface area contributed by atoms with Crippen molar-refractivity contribution in [2.75, 3.05) is 0 Å². The van der Waals surface area contributed by atoms with Crippen molar-refractivity contribution in [2.45, 2.75) is 13.3 Å². The molecule has 0 heterocycles. The fourth-order valence-electron chi connectivity index (χ4n) is 1.40. The third kappa shape index (κ3) is 2.53. The largest absolute Gasteiger partial charge is 0.481 e. The Bertz CT molecular complexity index is 413. The van der Waals surface area contributed by atoms with Gasteiger partial charge < -0.3 is 5.11 Å². The molecule has 0 aliphatic heterocycles. The molecular formula is C12H12O4. The lowest BCUT2D eigenvalue weighted by Crippen LogP contribution is -2.11. The summed E-state index contributed by atoms with van der Waals surface area (Å²) >= 11 is 0. The van der Waals surface area contributed by atoms with Crippen LogP contribution in [0, 0.1) is 5.92 Å². The summed E-state index contributed by atoms with van der Waals surface area (Å²) in [7, 11) is 0. The molecule has 16 heavy (non-hydrogen) atoms. The van der Waals surface area contributed by atoms with E-state index in [2.05, 4.69) is 0 Å². The second kappa shape index (κ2) is 5.21. The highest BCUT2D eigenvalue weighted by atomic mass is 16.4. The number of carboxylic acid groups (broad SMARTS) is 1. The maximum Gasteiger partial charge on any atom is 0.310 e. The summed E-state index contributed by atoms with van der Waals surface area (Å²) in [5.74, 6) is -1.66. The highest BCUT2D eigenvalue weighted by Gasteiger charge is 2.17. The molecule has 1 aliphatic rings. The first-order chi connectivity index (χ1) is 7.60. The molecule has 0 aromatic rings. The Morgan fingerprint density at radius 2 is 2.12 bits per heavy atom. The number of aldehydes is 2. The summed E-state index contributed by atoms with van der Waals surface area (Å²) in [6, 6.07) is 0. The first-order valence-electron chi connectivity index (χ1n) is 4.84. The lowest BCUT2D eigenvalue weighted by Gasteiger charge is -2.06. The van der Waals surface area contributed by atoms with Crippen LogP contribution in [0.2, 0.25) is 0 Å². The molecule has 1 unspecified atom stereocenters. The minimum Gasteiger partial charge on any atom is -0.481 e. The van der Waals surface area contributed by atoms with E-state index in [-0.39, 0.29) is 5.57 Å². The lowest BCUT2D eigenvalue weighted by molar-refractivity contribution is -0.139. The highest BCUT2D eigenvalue weighted by molar-refractivity contribution is 5.90. The van der Waals surface area contributed by atoms with Crippen molar-refractivity contribution < 1.29 is 19.5 Å². The number of allylic oxidation sites excluding steroid dienone is 5. The fourth-order valence-corrected chi connectivity index (χ4v) is 1.40. The van der Waals surface area contributed by atoms with E-state index in [0.29, 0.717) is 30.1 Å². The van der Waals surface area contributed by atoms with Crippen LogP contribution in [-0.4, -0.2) is 23.6 Å². The van der Waals surface area contributed by atoms with Crippen LogP contribution in [0.3, 0.4) is 0 Å². The molecule has 1 rings (SSSR count). The predicted molar refractivity (Wildman–Crippen MR) is 57.8 cm³/mol. The summed E-state index contributed by atoms with van der Waals surface area (Å²) in [4.78, 5) is 32.3. The van der Waals surface area contributed by atoms with Crippen LogP contribution in [0.4, 0.5) is 0 Å². The van der Waals surface area contributed by atoms with Gasteiger partial charge in [0, 0.05) is 11.1 Å². The number of hydrogen-bond donors (Lipinski definition) is 1. The monoisotopic (exact) mass is 220 g/mol. The number of aliphatic carboxylic acids is 1. The van der Waals surface area contributed by atoms with Gasteiger partial charge in [0.05, 0.1) is 5.92 Å². The molecule has 0 fully saturated rings. The van der Waals surface area contributed by atoms with Gasteiger partial charge in [0.25, 0.3) is 0 Å². The summed E-state index contributed by atoms with van der Waals surface area (Å²) < 4.78 is 0. The maximum atomic E-state index is 10.8. The average molecular weight is 220 g/mol. The standard InChI is InChI=1S/C12H12O4/c1-8(12(15)16)9-3-2-4-10(6-13)11(5-9)7-14/h2-3,5-8H,4H2,1H3,(H,15,16). The minimum atomic E-state index is -0.962. The summed E-state index contributed by atoms with van der Waals surface area (Å²) in [6.07, 6.45) is 6.33. The molecule has 0 aromatic heterocycles. The van der Waals surface area contributed by atoms with Crippen LogP contribution in [-0.2, 0) is 14.4 Å². The van der Waals surface area contributed by atoms with E-state index in [4.69, 9.17) is 5.11 Å². The molecular weight excluding hydrogens is 208 g/mol. The second-order valence-corrected chi connectivity index (χ2v) is 3.53. The van der Waals surface area contributed by atoms with E-state index >= 15 is 0 Å². The normalized spacial score (nSPS) is 17.4. The van der Waals surface area contributed by atoms with Crippen molar-refractivity contribution in [3.63, 3.8) is 0 Å². The van der Waals surface area contributed by atoms with Crippen LogP contribution in [0.15, 0.2) is 34.9 Å². The molecule has 4 heteroatoms. The molecule has 0 aromatic carbocycles. The van der Waals surface area contributed by atoms with Gasteiger partial charge in [-0.1, -0.05) is 12.2 Å². The Labute approximate surface area is 93.0 Å². The molecule has 0 saturated heterocycles. The van der Waals surface area contributed by atoms with E-state index in [1.165, 1.54) is 13.0 Å². The van der Waals surface area contributed by atoms with Gasteiger partial charge >= 0.3 is 5.97 Å². The Hall–Kier alpha value is -1.97. The van der Waals surface area contributed by atoms with Gasteiger partial charge in [-0.05, 0) is 25.0 Å². The number of carboxylic acids is 1. The van der Waals surface area contributed by atoms with Crippen LogP contribution in [0.1, 0.15) is 13.3 Å². The quantitative estimate of drug-likeness (QED) is 0.724. The van der Waals surface area contributed by atoms with Crippen molar-refractivity contribution in [3.8, 4) is 0 Å². The Morgan fingerprint density at radius 3 is 2.62 bits per heavy atom. The SMILES string of the molecule is CC(C(=O)O)C1=CC(C=O)=C(C=O)CC=C1. The minimum absolute atomic E-state index is 0.253. The summed E-state index contributed by atoms with van der Waals surface area (Å²) in [5, 5.41) is 8.86. The summed E-state index contributed by atoms with van der Waals surface area (Å²) in [6.45, 7) is 1.53. The fraction of sp³-hybridized carbons (Fsp3) is 0.250. The predicted octanol–water partition coefficient (Wildman–Crippen LogP) is 1.29. The van der Waals surface area contributed by atoms with Crippen molar-refractivity contribution in [1.82, 2.24) is 0 Å². The third-order valence-electron chi connectivity index (χ3n) is 2.48. The van der Waals surface area contributed by atoms with E-state index < -0.39 is 11.9 Å². The van der Waals surface area contributed by atoms with Crippen LogP contribution in [0.5, 0.6) is 0 Å². The highest BCUT2D eigenvalue weighted by Crippen LogP contribution is 2.21. The van der Waals surface area contributed by atoms with Crippen LogP contribution < -0.4 is 0 Å². The molecule has 0 radical (unpaired) electrons. The molecule has 1 atom stereocenters. The first-order valence-corrected chi connectivity index (χ1v) is 4.84. The van der Waals surface area contributed by atoms with Crippen molar-refractivity contribution >= 4 is 18.5 Å². The van der Waals surface area contributed by atoms with Crippen molar-refractivity contribution in [1.29, 1.82) is 0 Å². The van der Waals surface area contributed by atoms with E-state index in [1.807, 2.05) is 0 Å². The van der Waals surface area contributed by atoms with Gasteiger partial charge in [-0.3, -0.25) is 14.4 Å². The zero-order chi connectivity index (χ0) is 12.1. The molecule has 0 bridgehead atoms. The van der Waals surface area contributed by atoms with Gasteiger partial charge in [-0.2, -0.15) is 0 Å². The number of rotatable bonds is 4. The van der Waals surface area contributed by atoms with E-state index in [1.54, 1.807) is 12.2 Å². The van der Waals surface area contributed by atoms with Gasteiger partial charge in [0.15, 0.2) is 0 Å². The molecule has 0 amide bonds. The van der Waals surface area contributed by atoms with Crippen molar-refractivity contribution in [3.05, 3.63) is 34.9 Å². The maximum absolute atomic E-state index is 10.8. The average Bonchev–Trinajstić information content (AvgIpc) is 2.49. The summed E-state index contributed by atoms with van der Waals surface area (Å²) in [5.41, 5.74) is 1.15. The number of carbonyl (C=O) groups excluding carboxylic acids is 2. The molecule has 1 N–H and O–H groups in total. The number of hydrogen-bond acceptors (Lipinski definition) is 3. The van der Waals surface area contributed by atoms with E-state index in [9.17, 15) is 14.4 Å². The lowest BCUT2D eigenvalue weighted by atomic mass is 9.99. The molecule has 1 aliphatic carbocycles. The van der Waals surface area contributed by atoms with Crippen LogP contribution in [0.25, 0.3) is 0 Å². The molecule has 0 saturated carbocycles. The number of carbonyl (C=O) groups is 3. The Morgan fingerprint density at radius 1 is 1.44 bits per heavy atom. The zero-order valence-corrected chi connectivity index (χ0v) is 8.84. The Kier molecular flexibility index (Phi) is 3.94. The smallest absolute Gasteiger partial charge is 0.310 e. The van der Waals surface area contributed by atoms with Gasteiger partial charge in [0.1, 0.15) is 12.6 Å². The second-order valence-electron chi connectivity index (χ2n) is 3.53. The van der Waals surface area contributed by atoms with Crippen molar-refractivity contribution in [2.24, 2.45) is 5.92 Å². The van der Waals surface area contributed by atoms with Gasteiger partial charge in [-0.15, -0.1) is 0 Å². The molecule has 84 valence electrons. The third-order valence-corrected chi connectivity index (χ3v) is 2.48. The Balaban J connectivity index is 3.17. The van der Waals surface area contributed by atoms with Crippen LogP contribution >= 0.6 is 0 Å². The van der Waals surface area contributed by atoms with E-state index in [0.717, 1.165) is 0 Å². The topological polar surface area (TPSA) is 71.4 Å². The molecule has 4 nitrogen and oxygen atoms in total. The molecule has 0 spiro atoms. The van der Waals surface area contributed by atoms with Gasteiger partial charge in [0.2, 0.25) is 0 Å². The van der Waals surface area contributed by atoms with Gasteiger partial charge in [-0.25, -0.2) is 0 Å².